The summed E-state index contributed by atoms with van der Waals surface area (Å²) < 4.78 is 26.5. The Morgan fingerprint density at radius 1 is 0.967 bits per heavy atom. The highest BCUT2D eigenvalue weighted by Crippen LogP contribution is 2.30. The zero-order valence-corrected chi connectivity index (χ0v) is 17.2. The zero-order valence-electron chi connectivity index (χ0n) is 16.5. The highest BCUT2D eigenvalue weighted by molar-refractivity contribution is 6.33. The molecule has 4 nitrogen and oxygen atoms in total. The topological polar surface area (TPSA) is 49.8 Å². The van der Waals surface area contributed by atoms with Crippen molar-refractivity contribution in [2.75, 3.05) is 10.6 Å². The van der Waals surface area contributed by atoms with Gasteiger partial charge in [0.15, 0.2) is 11.6 Å². The number of benzene rings is 1. The maximum absolute atomic E-state index is 13.4. The molecule has 0 saturated heterocycles. The van der Waals surface area contributed by atoms with Crippen molar-refractivity contribution in [1.82, 2.24) is 9.97 Å². The van der Waals surface area contributed by atoms with Gasteiger partial charge in [0.1, 0.15) is 11.6 Å². The fourth-order valence-electron chi connectivity index (χ4n) is 3.70. The molecule has 0 amide bonds. The molecule has 0 spiro atoms. The van der Waals surface area contributed by atoms with Crippen molar-refractivity contribution in [2.45, 2.75) is 44.7 Å². The number of aromatic nitrogens is 2. The average Bonchev–Trinajstić information content (AvgIpc) is 2.77. The summed E-state index contributed by atoms with van der Waals surface area (Å²) in [5, 5.41) is 7.18. The van der Waals surface area contributed by atoms with Crippen LogP contribution in [0.1, 0.15) is 37.7 Å². The van der Waals surface area contributed by atoms with E-state index in [9.17, 15) is 8.78 Å². The molecule has 0 atom stereocenters. The molecule has 3 aromatic rings. The van der Waals surface area contributed by atoms with Gasteiger partial charge in [-0.2, -0.15) is 0 Å². The van der Waals surface area contributed by atoms with Gasteiger partial charge in [0.2, 0.25) is 0 Å². The molecule has 1 fully saturated rings. The summed E-state index contributed by atoms with van der Waals surface area (Å²) in [6.07, 6.45) is 7.73. The van der Waals surface area contributed by atoms with E-state index in [-0.39, 0.29) is 0 Å². The van der Waals surface area contributed by atoms with Crippen LogP contribution in [0.3, 0.4) is 0 Å². The van der Waals surface area contributed by atoms with Gasteiger partial charge in [-0.3, -0.25) is 0 Å². The van der Waals surface area contributed by atoms with Crippen LogP contribution >= 0.6 is 11.6 Å². The smallest absolute Gasteiger partial charge is 0.159 e. The molecule has 4 rings (SSSR count). The SMILES string of the molecule is Fc1ccc(CNc2cccc(-c3cc(NC4CCCCC4)ncc3Cl)n2)cc1F. The molecule has 30 heavy (non-hydrogen) atoms. The molecule has 1 aromatic carbocycles. The van der Waals surface area contributed by atoms with Gasteiger partial charge >= 0.3 is 0 Å². The molecule has 1 saturated carbocycles. The third-order valence-electron chi connectivity index (χ3n) is 5.30. The van der Waals surface area contributed by atoms with Crippen LogP contribution in [0.25, 0.3) is 11.3 Å². The molecule has 1 aliphatic carbocycles. The van der Waals surface area contributed by atoms with Crippen LogP contribution in [-0.4, -0.2) is 16.0 Å². The maximum Gasteiger partial charge on any atom is 0.159 e. The lowest BCUT2D eigenvalue weighted by Gasteiger charge is -2.23. The molecule has 2 heterocycles. The molecular weight excluding hydrogens is 406 g/mol. The highest BCUT2D eigenvalue weighted by Gasteiger charge is 2.15. The second-order valence-electron chi connectivity index (χ2n) is 7.54. The molecule has 7 heteroatoms. The van der Waals surface area contributed by atoms with Crippen LogP contribution in [0.2, 0.25) is 5.02 Å². The molecule has 1 aliphatic rings. The summed E-state index contributed by atoms with van der Waals surface area (Å²) in [5.41, 5.74) is 2.13. The molecule has 2 N–H and O–H groups in total. The Bertz CT molecular complexity index is 1020. The van der Waals surface area contributed by atoms with Crippen LogP contribution in [0.4, 0.5) is 20.4 Å². The van der Waals surface area contributed by atoms with Gasteiger partial charge in [-0.1, -0.05) is 43.0 Å². The first-order chi connectivity index (χ1) is 14.6. The van der Waals surface area contributed by atoms with Crippen molar-refractivity contribution >= 4 is 23.2 Å². The van der Waals surface area contributed by atoms with Crippen LogP contribution in [0.5, 0.6) is 0 Å². The monoisotopic (exact) mass is 428 g/mol. The number of rotatable bonds is 6. The quantitative estimate of drug-likeness (QED) is 0.474. The summed E-state index contributed by atoms with van der Waals surface area (Å²) in [4.78, 5) is 9.05. The van der Waals surface area contributed by atoms with Crippen LogP contribution in [0.15, 0.2) is 48.7 Å². The van der Waals surface area contributed by atoms with Gasteiger partial charge in [-0.25, -0.2) is 18.7 Å². The third-order valence-corrected chi connectivity index (χ3v) is 5.60. The maximum atomic E-state index is 13.4. The molecule has 0 bridgehead atoms. The number of nitrogens with zero attached hydrogens (tertiary/aromatic N) is 2. The Kier molecular flexibility index (Phi) is 6.43. The van der Waals surface area contributed by atoms with E-state index in [0.717, 1.165) is 30.3 Å². The van der Waals surface area contributed by atoms with Gasteiger partial charge in [-0.15, -0.1) is 0 Å². The van der Waals surface area contributed by atoms with Crippen molar-refractivity contribution in [3.8, 4) is 11.3 Å². The van der Waals surface area contributed by atoms with Crippen molar-refractivity contribution in [2.24, 2.45) is 0 Å². The second-order valence-corrected chi connectivity index (χ2v) is 7.95. The van der Waals surface area contributed by atoms with Crippen molar-refractivity contribution < 1.29 is 8.78 Å². The largest absolute Gasteiger partial charge is 0.367 e. The predicted octanol–water partition coefficient (Wildman–Crippen LogP) is 6.43. The predicted molar refractivity (Wildman–Crippen MR) is 117 cm³/mol. The van der Waals surface area contributed by atoms with Crippen LogP contribution < -0.4 is 10.6 Å². The van der Waals surface area contributed by atoms with E-state index in [0.29, 0.717) is 34.7 Å². The first-order valence-electron chi connectivity index (χ1n) is 10.2. The Balaban J connectivity index is 1.49. The number of hydrogen-bond donors (Lipinski definition) is 2. The second kappa shape index (κ2) is 9.39. The van der Waals surface area contributed by atoms with Crippen molar-refractivity contribution in [3.05, 3.63) is 70.9 Å². The van der Waals surface area contributed by atoms with Gasteiger partial charge in [0.25, 0.3) is 0 Å². The Morgan fingerprint density at radius 3 is 2.60 bits per heavy atom. The lowest BCUT2D eigenvalue weighted by molar-refractivity contribution is 0.462. The third kappa shape index (κ3) is 5.05. The number of pyridine rings is 2. The van der Waals surface area contributed by atoms with Gasteiger partial charge < -0.3 is 10.6 Å². The Labute approximate surface area is 179 Å². The summed E-state index contributed by atoms with van der Waals surface area (Å²) in [5.74, 6) is -0.309. The van der Waals surface area contributed by atoms with Crippen LogP contribution in [-0.2, 0) is 6.54 Å². The fraction of sp³-hybridized carbons (Fsp3) is 0.304. The van der Waals surface area contributed by atoms with E-state index in [4.69, 9.17) is 11.6 Å². The zero-order chi connectivity index (χ0) is 20.9. The Hall–Kier alpha value is -2.73. The molecule has 0 unspecified atom stereocenters. The summed E-state index contributed by atoms with van der Waals surface area (Å²) in [6, 6.07) is 11.8. The van der Waals surface area contributed by atoms with E-state index in [1.165, 1.54) is 31.4 Å². The van der Waals surface area contributed by atoms with E-state index < -0.39 is 11.6 Å². The summed E-state index contributed by atoms with van der Waals surface area (Å²) in [7, 11) is 0. The first-order valence-corrected chi connectivity index (χ1v) is 10.5. The minimum absolute atomic E-state index is 0.326. The average molecular weight is 429 g/mol. The number of halogens is 3. The van der Waals surface area contributed by atoms with Crippen molar-refractivity contribution in [3.63, 3.8) is 0 Å². The fourth-order valence-corrected chi connectivity index (χ4v) is 3.90. The number of nitrogens with one attached hydrogen (secondary N) is 2. The summed E-state index contributed by atoms with van der Waals surface area (Å²) in [6.45, 7) is 0.326. The molecule has 0 radical (unpaired) electrons. The highest BCUT2D eigenvalue weighted by atomic mass is 35.5. The Morgan fingerprint density at radius 2 is 1.80 bits per heavy atom. The van der Waals surface area contributed by atoms with E-state index >= 15 is 0 Å². The standard InChI is InChI=1S/C23H23ClF2N4/c24-18-14-28-23(29-16-5-2-1-3-6-16)12-17(18)21-7-4-8-22(30-21)27-13-15-9-10-19(25)20(26)11-15/h4,7-12,14,16H,1-3,5-6,13H2,(H,27,30)(H,28,29). The normalized spacial score (nSPS) is 14.5. The minimum atomic E-state index is -0.863. The molecule has 2 aromatic heterocycles. The number of anilines is 2. The number of hydrogen-bond acceptors (Lipinski definition) is 4. The van der Waals surface area contributed by atoms with E-state index in [1.807, 2.05) is 24.3 Å². The molecule has 156 valence electrons. The van der Waals surface area contributed by atoms with E-state index in [2.05, 4.69) is 20.6 Å². The lowest BCUT2D eigenvalue weighted by Crippen LogP contribution is -2.22. The van der Waals surface area contributed by atoms with Crippen LogP contribution in [0, 0.1) is 11.6 Å². The summed E-state index contributed by atoms with van der Waals surface area (Å²) >= 11 is 6.40. The van der Waals surface area contributed by atoms with Crippen molar-refractivity contribution in [1.29, 1.82) is 0 Å². The van der Waals surface area contributed by atoms with Gasteiger partial charge in [0.05, 0.1) is 10.7 Å². The molecule has 0 aliphatic heterocycles. The minimum Gasteiger partial charge on any atom is -0.367 e. The van der Waals surface area contributed by atoms with Gasteiger partial charge in [-0.05, 0) is 48.7 Å². The van der Waals surface area contributed by atoms with E-state index in [1.54, 1.807) is 6.20 Å². The first kappa shape index (κ1) is 20.5. The van der Waals surface area contributed by atoms with Gasteiger partial charge in [0, 0.05) is 24.3 Å². The lowest BCUT2D eigenvalue weighted by atomic mass is 9.95. The molecular formula is C23H23ClF2N4.